The number of hydrogen-bond donors (Lipinski definition) is 1. The SMILES string of the molecule is O=C(CCC(=O)c1ccc2[nH]ncc2c1)c1cccc(F)c1. The summed E-state index contributed by atoms with van der Waals surface area (Å²) in [5, 5.41) is 7.56. The molecule has 0 spiro atoms. The summed E-state index contributed by atoms with van der Waals surface area (Å²) in [5.41, 5.74) is 1.69. The fourth-order valence-corrected chi connectivity index (χ4v) is 2.29. The number of fused-ring (bicyclic) bond motifs is 1. The van der Waals surface area contributed by atoms with Gasteiger partial charge in [0.25, 0.3) is 0 Å². The average Bonchev–Trinajstić information content (AvgIpc) is 2.99. The Morgan fingerprint density at radius 2 is 1.73 bits per heavy atom. The summed E-state index contributed by atoms with van der Waals surface area (Å²) in [6, 6.07) is 10.7. The van der Waals surface area contributed by atoms with Gasteiger partial charge in [-0.3, -0.25) is 14.7 Å². The largest absolute Gasteiger partial charge is 0.294 e. The van der Waals surface area contributed by atoms with Crippen LogP contribution in [0, 0.1) is 5.82 Å². The monoisotopic (exact) mass is 296 g/mol. The number of nitrogens with zero attached hydrogens (tertiary/aromatic N) is 1. The molecule has 0 fully saturated rings. The molecule has 3 aromatic rings. The molecule has 0 saturated carbocycles. The van der Waals surface area contributed by atoms with Crippen molar-refractivity contribution in [2.24, 2.45) is 0 Å². The van der Waals surface area contributed by atoms with E-state index in [0.717, 1.165) is 10.9 Å². The van der Waals surface area contributed by atoms with Crippen LogP contribution in [0.5, 0.6) is 0 Å². The molecule has 0 saturated heterocycles. The van der Waals surface area contributed by atoms with Crippen molar-refractivity contribution >= 4 is 22.5 Å². The molecule has 2 aromatic carbocycles. The van der Waals surface area contributed by atoms with E-state index in [4.69, 9.17) is 0 Å². The number of benzene rings is 2. The van der Waals surface area contributed by atoms with Gasteiger partial charge in [-0.25, -0.2) is 4.39 Å². The molecule has 0 radical (unpaired) electrons. The standard InChI is InChI=1S/C17H13FN2O2/c18-14-3-1-2-11(9-14)16(21)6-7-17(22)12-4-5-15-13(8-12)10-19-20-15/h1-5,8-10H,6-7H2,(H,19,20). The van der Waals surface area contributed by atoms with Crippen molar-refractivity contribution in [3.05, 3.63) is 65.6 Å². The number of carbonyl (C=O) groups is 2. The maximum atomic E-state index is 13.1. The van der Waals surface area contributed by atoms with Crippen LogP contribution in [0.4, 0.5) is 4.39 Å². The van der Waals surface area contributed by atoms with Gasteiger partial charge in [-0.15, -0.1) is 0 Å². The third kappa shape index (κ3) is 2.93. The Hall–Kier alpha value is -2.82. The fourth-order valence-electron chi connectivity index (χ4n) is 2.29. The first-order valence-corrected chi connectivity index (χ1v) is 6.88. The zero-order valence-electron chi connectivity index (χ0n) is 11.7. The van der Waals surface area contributed by atoms with Gasteiger partial charge >= 0.3 is 0 Å². The van der Waals surface area contributed by atoms with Gasteiger partial charge in [0.2, 0.25) is 0 Å². The number of carbonyl (C=O) groups excluding carboxylic acids is 2. The van der Waals surface area contributed by atoms with Crippen LogP contribution >= 0.6 is 0 Å². The van der Waals surface area contributed by atoms with E-state index in [1.165, 1.54) is 18.2 Å². The molecule has 0 bridgehead atoms. The van der Waals surface area contributed by atoms with Crippen LogP contribution in [-0.2, 0) is 0 Å². The minimum Gasteiger partial charge on any atom is -0.294 e. The number of ketones is 2. The third-order valence-electron chi connectivity index (χ3n) is 3.49. The van der Waals surface area contributed by atoms with Crippen molar-refractivity contribution in [2.45, 2.75) is 12.8 Å². The molecule has 22 heavy (non-hydrogen) atoms. The molecule has 1 aromatic heterocycles. The number of hydrogen-bond acceptors (Lipinski definition) is 3. The number of H-pyrrole nitrogens is 1. The van der Waals surface area contributed by atoms with Gasteiger partial charge in [-0.2, -0.15) is 5.10 Å². The van der Waals surface area contributed by atoms with Gasteiger partial charge in [-0.05, 0) is 30.3 Å². The van der Waals surface area contributed by atoms with E-state index in [1.54, 1.807) is 30.5 Å². The highest BCUT2D eigenvalue weighted by molar-refractivity contribution is 6.03. The molecule has 0 unspecified atom stereocenters. The number of nitrogens with one attached hydrogen (secondary N) is 1. The van der Waals surface area contributed by atoms with Crippen LogP contribution < -0.4 is 0 Å². The van der Waals surface area contributed by atoms with Crippen molar-refractivity contribution in [1.29, 1.82) is 0 Å². The molecule has 3 rings (SSSR count). The predicted molar refractivity (Wildman–Crippen MR) is 80.4 cm³/mol. The highest BCUT2D eigenvalue weighted by Gasteiger charge is 2.12. The minimum atomic E-state index is -0.456. The van der Waals surface area contributed by atoms with Crippen LogP contribution in [-0.4, -0.2) is 21.8 Å². The molecule has 5 heteroatoms. The molecule has 1 N–H and O–H groups in total. The molecule has 110 valence electrons. The maximum Gasteiger partial charge on any atom is 0.163 e. The second-order valence-electron chi connectivity index (χ2n) is 5.03. The normalized spacial score (nSPS) is 10.8. The second kappa shape index (κ2) is 5.89. The summed E-state index contributed by atoms with van der Waals surface area (Å²) in [4.78, 5) is 24.1. The molecular weight excluding hydrogens is 283 g/mol. The molecule has 1 heterocycles. The van der Waals surface area contributed by atoms with E-state index in [2.05, 4.69) is 10.2 Å². The Labute approximate surface area is 126 Å². The lowest BCUT2D eigenvalue weighted by Crippen LogP contribution is -2.05. The van der Waals surface area contributed by atoms with Crippen LogP contribution in [0.25, 0.3) is 10.9 Å². The molecule has 0 aliphatic carbocycles. The fraction of sp³-hybridized carbons (Fsp3) is 0.118. The molecule has 0 aliphatic rings. The Balaban J connectivity index is 1.67. The first kappa shape index (κ1) is 14.1. The number of rotatable bonds is 5. The van der Waals surface area contributed by atoms with Crippen LogP contribution in [0.3, 0.4) is 0 Å². The minimum absolute atomic E-state index is 0.0612. The number of halogens is 1. The Bertz CT molecular complexity index is 854. The lowest BCUT2D eigenvalue weighted by molar-refractivity contribution is 0.0917. The Kier molecular flexibility index (Phi) is 3.78. The van der Waals surface area contributed by atoms with E-state index in [9.17, 15) is 14.0 Å². The Morgan fingerprint density at radius 3 is 2.45 bits per heavy atom. The first-order valence-electron chi connectivity index (χ1n) is 6.88. The van der Waals surface area contributed by atoms with Crippen molar-refractivity contribution in [2.75, 3.05) is 0 Å². The third-order valence-corrected chi connectivity index (χ3v) is 3.49. The highest BCUT2D eigenvalue weighted by Crippen LogP contribution is 2.16. The van der Waals surface area contributed by atoms with E-state index < -0.39 is 5.82 Å². The number of aromatic nitrogens is 2. The highest BCUT2D eigenvalue weighted by atomic mass is 19.1. The van der Waals surface area contributed by atoms with Crippen molar-refractivity contribution < 1.29 is 14.0 Å². The summed E-state index contributed by atoms with van der Waals surface area (Å²) >= 11 is 0. The van der Waals surface area contributed by atoms with Gasteiger partial charge in [0.15, 0.2) is 11.6 Å². The van der Waals surface area contributed by atoms with Crippen molar-refractivity contribution in [3.8, 4) is 0 Å². The summed E-state index contributed by atoms with van der Waals surface area (Å²) in [5.74, 6) is -0.812. The smallest absolute Gasteiger partial charge is 0.163 e. The average molecular weight is 296 g/mol. The molecule has 0 amide bonds. The van der Waals surface area contributed by atoms with Crippen LogP contribution in [0.15, 0.2) is 48.7 Å². The lowest BCUT2D eigenvalue weighted by atomic mass is 10.0. The van der Waals surface area contributed by atoms with Crippen molar-refractivity contribution in [1.82, 2.24) is 10.2 Å². The molecular formula is C17H13FN2O2. The van der Waals surface area contributed by atoms with Gasteiger partial charge in [0, 0.05) is 29.4 Å². The number of aromatic amines is 1. The zero-order valence-corrected chi connectivity index (χ0v) is 11.7. The van der Waals surface area contributed by atoms with Crippen LogP contribution in [0.2, 0.25) is 0 Å². The number of Topliss-reactive ketones (excluding diaryl/α,β-unsaturated/α-hetero) is 2. The Morgan fingerprint density at radius 1 is 1.00 bits per heavy atom. The quantitative estimate of drug-likeness (QED) is 0.732. The van der Waals surface area contributed by atoms with Gasteiger partial charge in [0.05, 0.1) is 11.7 Å². The van der Waals surface area contributed by atoms with E-state index in [1.807, 2.05) is 0 Å². The van der Waals surface area contributed by atoms with Gasteiger partial charge in [0.1, 0.15) is 5.82 Å². The van der Waals surface area contributed by atoms with Crippen molar-refractivity contribution in [3.63, 3.8) is 0 Å². The van der Waals surface area contributed by atoms with E-state index in [0.29, 0.717) is 5.56 Å². The summed E-state index contributed by atoms with van der Waals surface area (Å²) in [6.07, 6.45) is 1.80. The summed E-state index contributed by atoms with van der Waals surface area (Å²) < 4.78 is 13.1. The molecule has 4 nitrogen and oxygen atoms in total. The lowest BCUT2D eigenvalue weighted by Gasteiger charge is -2.02. The van der Waals surface area contributed by atoms with E-state index in [-0.39, 0.29) is 30.0 Å². The maximum absolute atomic E-state index is 13.1. The zero-order chi connectivity index (χ0) is 15.5. The van der Waals surface area contributed by atoms with Gasteiger partial charge in [-0.1, -0.05) is 12.1 Å². The van der Waals surface area contributed by atoms with Gasteiger partial charge < -0.3 is 0 Å². The topological polar surface area (TPSA) is 62.8 Å². The molecule has 0 aliphatic heterocycles. The summed E-state index contributed by atoms with van der Waals surface area (Å²) in [6.45, 7) is 0. The predicted octanol–water partition coefficient (Wildman–Crippen LogP) is 3.55. The van der Waals surface area contributed by atoms with Crippen LogP contribution in [0.1, 0.15) is 33.6 Å². The second-order valence-corrected chi connectivity index (χ2v) is 5.03. The summed E-state index contributed by atoms with van der Waals surface area (Å²) in [7, 11) is 0. The first-order chi connectivity index (χ1) is 10.6. The van der Waals surface area contributed by atoms with E-state index >= 15 is 0 Å². The molecule has 0 atom stereocenters.